The average Bonchev–Trinajstić information content (AvgIpc) is 2.58. The van der Waals surface area contributed by atoms with E-state index in [1.165, 1.54) is 18.2 Å². The maximum absolute atomic E-state index is 13.0. The van der Waals surface area contributed by atoms with Crippen LogP contribution in [0.2, 0.25) is 5.02 Å². The zero-order chi connectivity index (χ0) is 18.0. The fraction of sp³-hybridized carbons (Fsp3) is 0.158. The van der Waals surface area contributed by atoms with Crippen LogP contribution in [0.4, 0.5) is 4.39 Å². The normalized spacial score (nSPS) is 12.1. The predicted molar refractivity (Wildman–Crippen MR) is 96.2 cm³/mol. The van der Waals surface area contributed by atoms with Crippen molar-refractivity contribution in [2.45, 2.75) is 19.5 Å². The van der Waals surface area contributed by atoms with Crippen molar-refractivity contribution in [2.24, 2.45) is 0 Å². The summed E-state index contributed by atoms with van der Waals surface area (Å²) in [7, 11) is 0. The molecule has 2 aromatic carbocycles. The van der Waals surface area contributed by atoms with Crippen LogP contribution in [0.5, 0.6) is 0 Å². The van der Waals surface area contributed by atoms with E-state index in [0.29, 0.717) is 15.9 Å². The molecule has 1 aromatic heterocycles. The highest BCUT2D eigenvalue weighted by atomic mass is 35.5. The van der Waals surface area contributed by atoms with Crippen LogP contribution in [0.1, 0.15) is 18.5 Å². The van der Waals surface area contributed by atoms with Crippen LogP contribution in [-0.2, 0) is 11.3 Å². The zero-order valence-electron chi connectivity index (χ0n) is 13.5. The second kappa shape index (κ2) is 7.07. The van der Waals surface area contributed by atoms with E-state index in [9.17, 15) is 14.0 Å². The number of nitrogens with zero attached hydrogens (tertiary/aromatic N) is 1. The van der Waals surface area contributed by atoms with Crippen molar-refractivity contribution in [2.75, 3.05) is 0 Å². The molecule has 1 N–H and O–H groups in total. The molecule has 0 aliphatic rings. The SMILES string of the molecule is CC(NC(=O)Cn1ccc(=O)c2cc(Cl)ccc21)c1ccc(F)cc1. The van der Waals surface area contributed by atoms with Gasteiger partial charge in [0, 0.05) is 22.7 Å². The van der Waals surface area contributed by atoms with Gasteiger partial charge in [-0.05, 0) is 42.8 Å². The molecule has 0 aliphatic heterocycles. The number of aromatic nitrogens is 1. The second-order valence-corrected chi connectivity index (χ2v) is 6.25. The molecule has 25 heavy (non-hydrogen) atoms. The third-order valence-electron chi connectivity index (χ3n) is 4.00. The topological polar surface area (TPSA) is 51.1 Å². The molecule has 3 rings (SSSR count). The second-order valence-electron chi connectivity index (χ2n) is 5.81. The molecule has 0 radical (unpaired) electrons. The predicted octanol–water partition coefficient (Wildman–Crippen LogP) is 3.67. The van der Waals surface area contributed by atoms with Crippen molar-refractivity contribution < 1.29 is 9.18 Å². The van der Waals surface area contributed by atoms with Gasteiger partial charge in [-0.2, -0.15) is 0 Å². The Morgan fingerprint density at radius 3 is 2.64 bits per heavy atom. The molecule has 128 valence electrons. The van der Waals surface area contributed by atoms with Crippen LogP contribution in [0.3, 0.4) is 0 Å². The first-order chi connectivity index (χ1) is 11.9. The third-order valence-corrected chi connectivity index (χ3v) is 4.24. The lowest BCUT2D eigenvalue weighted by atomic mass is 10.1. The highest BCUT2D eigenvalue weighted by molar-refractivity contribution is 6.31. The minimum atomic E-state index is -0.319. The van der Waals surface area contributed by atoms with Gasteiger partial charge in [0.2, 0.25) is 5.91 Å². The number of carbonyl (C=O) groups excluding carboxylic acids is 1. The summed E-state index contributed by atoms with van der Waals surface area (Å²) in [6.07, 6.45) is 1.58. The van der Waals surface area contributed by atoms with Crippen LogP contribution in [0.25, 0.3) is 10.9 Å². The first kappa shape index (κ1) is 17.2. The fourth-order valence-corrected chi connectivity index (χ4v) is 2.87. The molecule has 0 fully saturated rings. The van der Waals surface area contributed by atoms with E-state index in [1.807, 2.05) is 6.92 Å². The van der Waals surface area contributed by atoms with Gasteiger partial charge in [-0.3, -0.25) is 9.59 Å². The number of fused-ring (bicyclic) bond motifs is 1. The molecular formula is C19H16ClFN2O2. The number of benzene rings is 2. The van der Waals surface area contributed by atoms with Crippen LogP contribution in [-0.4, -0.2) is 10.5 Å². The van der Waals surface area contributed by atoms with Gasteiger partial charge in [-0.25, -0.2) is 4.39 Å². The minimum Gasteiger partial charge on any atom is -0.348 e. The molecule has 1 heterocycles. The lowest BCUT2D eigenvalue weighted by Gasteiger charge is -2.16. The monoisotopic (exact) mass is 358 g/mol. The van der Waals surface area contributed by atoms with Crippen molar-refractivity contribution in [1.82, 2.24) is 9.88 Å². The van der Waals surface area contributed by atoms with E-state index in [-0.39, 0.29) is 29.7 Å². The maximum atomic E-state index is 13.0. The van der Waals surface area contributed by atoms with Crippen LogP contribution >= 0.6 is 11.6 Å². The first-order valence-electron chi connectivity index (χ1n) is 7.77. The minimum absolute atomic E-state index is 0.0595. The Balaban J connectivity index is 1.79. The molecule has 0 saturated heterocycles. The largest absolute Gasteiger partial charge is 0.348 e. The summed E-state index contributed by atoms with van der Waals surface area (Å²) in [6, 6.07) is 12.1. The van der Waals surface area contributed by atoms with Crippen molar-refractivity contribution >= 4 is 28.4 Å². The van der Waals surface area contributed by atoms with Gasteiger partial charge >= 0.3 is 0 Å². The number of hydrogen-bond donors (Lipinski definition) is 1. The van der Waals surface area contributed by atoms with Gasteiger partial charge in [0.1, 0.15) is 12.4 Å². The smallest absolute Gasteiger partial charge is 0.240 e. The number of amides is 1. The molecule has 0 aliphatic carbocycles. The average molecular weight is 359 g/mol. The van der Waals surface area contributed by atoms with Crippen molar-refractivity contribution in [3.63, 3.8) is 0 Å². The summed E-state index contributed by atoms with van der Waals surface area (Å²) in [5.41, 5.74) is 1.31. The van der Waals surface area contributed by atoms with Crippen molar-refractivity contribution in [1.29, 1.82) is 0 Å². The molecule has 3 aromatic rings. The molecule has 0 saturated carbocycles. The van der Waals surface area contributed by atoms with Crippen LogP contribution < -0.4 is 10.7 Å². The highest BCUT2D eigenvalue weighted by Gasteiger charge is 2.12. The van der Waals surface area contributed by atoms with Crippen LogP contribution in [0, 0.1) is 5.82 Å². The molecule has 4 nitrogen and oxygen atoms in total. The van der Waals surface area contributed by atoms with Crippen molar-refractivity contribution in [3.05, 3.63) is 81.4 Å². The maximum Gasteiger partial charge on any atom is 0.240 e. The highest BCUT2D eigenvalue weighted by Crippen LogP contribution is 2.17. The molecule has 0 spiro atoms. The standard InChI is InChI=1S/C19H16ClFN2O2/c1-12(13-2-5-15(21)6-3-13)22-19(25)11-23-9-8-18(24)16-10-14(20)4-7-17(16)23/h2-10,12H,11H2,1H3,(H,22,25). The van der Waals surface area contributed by atoms with Gasteiger partial charge in [0.15, 0.2) is 5.43 Å². The molecular weight excluding hydrogens is 343 g/mol. The Kier molecular flexibility index (Phi) is 4.86. The number of carbonyl (C=O) groups is 1. The quantitative estimate of drug-likeness (QED) is 0.773. The lowest BCUT2D eigenvalue weighted by Crippen LogP contribution is -2.30. The summed E-state index contributed by atoms with van der Waals surface area (Å²) in [5, 5.41) is 3.80. The van der Waals surface area contributed by atoms with E-state index in [1.54, 1.807) is 41.1 Å². The van der Waals surface area contributed by atoms with E-state index in [2.05, 4.69) is 5.32 Å². The molecule has 1 amide bonds. The molecule has 6 heteroatoms. The number of hydrogen-bond acceptors (Lipinski definition) is 2. The summed E-state index contributed by atoms with van der Waals surface area (Å²) < 4.78 is 14.7. The van der Waals surface area contributed by atoms with Gasteiger partial charge in [-0.15, -0.1) is 0 Å². The number of nitrogens with one attached hydrogen (secondary N) is 1. The number of rotatable bonds is 4. The van der Waals surface area contributed by atoms with Crippen molar-refractivity contribution in [3.8, 4) is 0 Å². The zero-order valence-corrected chi connectivity index (χ0v) is 14.3. The van der Waals surface area contributed by atoms with E-state index >= 15 is 0 Å². The Labute approximate surface area is 148 Å². The number of halogens is 2. The van der Waals surface area contributed by atoms with Gasteiger partial charge in [-0.1, -0.05) is 23.7 Å². The molecule has 0 bridgehead atoms. The van der Waals surface area contributed by atoms with Crippen LogP contribution in [0.15, 0.2) is 59.5 Å². The summed E-state index contributed by atoms with van der Waals surface area (Å²) in [6.45, 7) is 1.89. The van der Waals surface area contributed by atoms with E-state index < -0.39 is 0 Å². The number of pyridine rings is 1. The summed E-state index contributed by atoms with van der Waals surface area (Å²) >= 11 is 5.94. The molecule has 1 atom stereocenters. The molecule has 1 unspecified atom stereocenters. The Morgan fingerprint density at radius 2 is 1.92 bits per heavy atom. The first-order valence-corrected chi connectivity index (χ1v) is 8.15. The lowest BCUT2D eigenvalue weighted by molar-refractivity contribution is -0.122. The van der Waals surface area contributed by atoms with E-state index in [0.717, 1.165) is 5.56 Å². The summed E-state index contributed by atoms with van der Waals surface area (Å²) in [4.78, 5) is 24.3. The Morgan fingerprint density at radius 1 is 1.20 bits per heavy atom. The Hall–Kier alpha value is -2.66. The Bertz CT molecular complexity index is 983. The van der Waals surface area contributed by atoms with Gasteiger partial charge in [0.25, 0.3) is 0 Å². The fourth-order valence-electron chi connectivity index (χ4n) is 2.70. The summed E-state index contributed by atoms with van der Waals surface area (Å²) in [5.74, 6) is -0.530. The third kappa shape index (κ3) is 3.88. The van der Waals surface area contributed by atoms with Gasteiger partial charge < -0.3 is 9.88 Å². The van der Waals surface area contributed by atoms with E-state index in [4.69, 9.17) is 11.6 Å². The van der Waals surface area contributed by atoms with Gasteiger partial charge in [0.05, 0.1) is 11.6 Å².